The Hall–Kier alpha value is -2.70. The van der Waals surface area contributed by atoms with E-state index in [1.165, 1.54) is 6.92 Å². The van der Waals surface area contributed by atoms with E-state index in [1.807, 2.05) is 39.8 Å². The predicted molar refractivity (Wildman–Crippen MR) is 111 cm³/mol. The van der Waals surface area contributed by atoms with Crippen molar-refractivity contribution >= 4 is 11.9 Å². The number of aryl methyl sites for hydroxylation is 1. The highest BCUT2D eigenvalue weighted by Gasteiger charge is 2.18. The van der Waals surface area contributed by atoms with Gasteiger partial charge in [0.1, 0.15) is 12.4 Å². The van der Waals surface area contributed by atoms with Crippen LogP contribution in [0, 0.1) is 6.92 Å². The molecular formula is C23H29NO5. The van der Waals surface area contributed by atoms with Gasteiger partial charge in [0.05, 0.1) is 11.7 Å². The molecule has 0 aliphatic rings. The van der Waals surface area contributed by atoms with Crippen molar-refractivity contribution in [2.24, 2.45) is 0 Å². The van der Waals surface area contributed by atoms with Crippen molar-refractivity contribution in [3.63, 3.8) is 0 Å². The molecule has 1 unspecified atom stereocenters. The first kappa shape index (κ1) is 22.6. The maximum absolute atomic E-state index is 12.6. The Morgan fingerprint density at radius 2 is 1.83 bits per heavy atom. The summed E-state index contributed by atoms with van der Waals surface area (Å²) in [5.74, 6) is -0.643. The molecule has 29 heavy (non-hydrogen) atoms. The van der Waals surface area contributed by atoms with Crippen molar-refractivity contribution in [3.8, 4) is 5.75 Å². The maximum Gasteiger partial charge on any atom is 0.343 e. The van der Waals surface area contributed by atoms with Crippen molar-refractivity contribution in [1.29, 1.82) is 0 Å². The largest absolute Gasteiger partial charge is 0.461 e. The van der Waals surface area contributed by atoms with Gasteiger partial charge >= 0.3 is 11.9 Å². The third-order valence-corrected chi connectivity index (χ3v) is 4.29. The first-order chi connectivity index (χ1) is 13.6. The van der Waals surface area contributed by atoms with Gasteiger partial charge in [-0.15, -0.1) is 0 Å². The molecule has 0 spiro atoms. The fourth-order valence-corrected chi connectivity index (χ4v) is 2.68. The Balaban J connectivity index is 2.25. The average Bonchev–Trinajstić information content (AvgIpc) is 2.64. The van der Waals surface area contributed by atoms with Crippen molar-refractivity contribution in [2.75, 3.05) is 6.54 Å². The number of aliphatic hydroxyl groups is 1. The van der Waals surface area contributed by atoms with Gasteiger partial charge in [-0.3, -0.25) is 4.79 Å². The van der Waals surface area contributed by atoms with Crippen molar-refractivity contribution in [2.45, 2.75) is 52.9 Å². The highest BCUT2D eigenvalue weighted by Crippen LogP contribution is 2.26. The molecule has 0 heterocycles. The van der Waals surface area contributed by atoms with Crippen LogP contribution in [0.1, 0.15) is 60.8 Å². The molecule has 0 fully saturated rings. The highest BCUT2D eigenvalue weighted by molar-refractivity contribution is 5.92. The molecule has 2 aromatic rings. The first-order valence-corrected chi connectivity index (χ1v) is 9.54. The Bertz CT molecular complexity index is 870. The van der Waals surface area contributed by atoms with Gasteiger partial charge in [0, 0.05) is 24.6 Å². The van der Waals surface area contributed by atoms with E-state index in [9.17, 15) is 14.7 Å². The number of β-amino-alcohol motifs (C(OH)–C–C–N with tert-alkyl or cyclic N) is 1. The molecule has 0 radical (unpaired) electrons. The number of carbonyl (C=O) groups excluding carboxylic acids is 2. The number of hydrogen-bond donors (Lipinski definition) is 2. The molecule has 156 valence electrons. The second-order valence-corrected chi connectivity index (χ2v) is 8.00. The van der Waals surface area contributed by atoms with E-state index in [4.69, 9.17) is 9.47 Å². The van der Waals surface area contributed by atoms with Crippen LogP contribution in [0.5, 0.6) is 5.75 Å². The number of benzene rings is 2. The summed E-state index contributed by atoms with van der Waals surface area (Å²) in [4.78, 5) is 23.8. The van der Waals surface area contributed by atoms with E-state index < -0.39 is 18.0 Å². The second kappa shape index (κ2) is 9.67. The summed E-state index contributed by atoms with van der Waals surface area (Å²) < 4.78 is 10.7. The van der Waals surface area contributed by atoms with Crippen LogP contribution in [0.15, 0.2) is 42.5 Å². The van der Waals surface area contributed by atoms with Crippen LogP contribution in [0.4, 0.5) is 0 Å². The lowest BCUT2D eigenvalue weighted by atomic mass is 10.0. The number of carbonyl (C=O) groups is 2. The fraction of sp³-hybridized carbons (Fsp3) is 0.391. The van der Waals surface area contributed by atoms with Gasteiger partial charge in [0.2, 0.25) is 0 Å². The van der Waals surface area contributed by atoms with Crippen LogP contribution in [-0.2, 0) is 16.1 Å². The van der Waals surface area contributed by atoms with Gasteiger partial charge in [-0.2, -0.15) is 0 Å². The van der Waals surface area contributed by atoms with Crippen molar-refractivity contribution < 1.29 is 24.2 Å². The molecule has 0 saturated heterocycles. The number of nitrogens with one attached hydrogen (secondary N) is 1. The number of hydrogen-bond acceptors (Lipinski definition) is 6. The molecule has 6 nitrogen and oxygen atoms in total. The Labute approximate surface area is 171 Å². The van der Waals surface area contributed by atoms with Crippen LogP contribution in [-0.4, -0.2) is 29.1 Å². The number of aliphatic hydroxyl groups excluding tert-OH is 1. The zero-order valence-corrected chi connectivity index (χ0v) is 17.6. The molecule has 0 aliphatic carbocycles. The van der Waals surface area contributed by atoms with Gasteiger partial charge in [0.25, 0.3) is 0 Å². The first-order valence-electron chi connectivity index (χ1n) is 9.54. The minimum Gasteiger partial charge on any atom is -0.461 e. The van der Waals surface area contributed by atoms with Gasteiger partial charge < -0.3 is 19.9 Å². The minimum atomic E-state index is -0.758. The Morgan fingerprint density at radius 1 is 1.14 bits per heavy atom. The van der Waals surface area contributed by atoms with E-state index in [-0.39, 0.29) is 12.1 Å². The van der Waals surface area contributed by atoms with E-state index in [1.54, 1.807) is 30.3 Å². The van der Waals surface area contributed by atoms with Crippen molar-refractivity contribution in [1.82, 2.24) is 5.32 Å². The Kier molecular flexibility index (Phi) is 7.53. The summed E-state index contributed by atoms with van der Waals surface area (Å²) >= 11 is 0. The van der Waals surface area contributed by atoms with Crippen LogP contribution in [0.3, 0.4) is 0 Å². The zero-order chi connectivity index (χ0) is 21.6. The van der Waals surface area contributed by atoms with Crippen LogP contribution in [0.25, 0.3) is 0 Å². The molecule has 0 bridgehead atoms. The third kappa shape index (κ3) is 7.00. The molecule has 2 aromatic carbocycles. The van der Waals surface area contributed by atoms with Gasteiger partial charge in [0.15, 0.2) is 0 Å². The summed E-state index contributed by atoms with van der Waals surface area (Å²) in [6.45, 7) is 9.49. The lowest BCUT2D eigenvalue weighted by Gasteiger charge is -2.23. The van der Waals surface area contributed by atoms with E-state index >= 15 is 0 Å². The second-order valence-electron chi connectivity index (χ2n) is 8.00. The maximum atomic E-state index is 12.6. The van der Waals surface area contributed by atoms with Crippen LogP contribution < -0.4 is 10.1 Å². The monoisotopic (exact) mass is 399 g/mol. The van der Waals surface area contributed by atoms with E-state index in [2.05, 4.69) is 5.32 Å². The van der Waals surface area contributed by atoms with Gasteiger partial charge in [-0.25, -0.2) is 4.79 Å². The molecule has 0 amide bonds. The summed E-state index contributed by atoms with van der Waals surface area (Å²) in [5, 5.41) is 13.7. The quantitative estimate of drug-likeness (QED) is 0.546. The van der Waals surface area contributed by atoms with Gasteiger partial charge in [-0.1, -0.05) is 24.3 Å². The highest BCUT2D eigenvalue weighted by atomic mass is 16.5. The van der Waals surface area contributed by atoms with Crippen molar-refractivity contribution in [3.05, 3.63) is 64.7 Å². The third-order valence-electron chi connectivity index (χ3n) is 4.29. The van der Waals surface area contributed by atoms with E-state index in [0.717, 1.165) is 5.56 Å². The Morgan fingerprint density at radius 3 is 2.45 bits per heavy atom. The smallest absolute Gasteiger partial charge is 0.343 e. The summed E-state index contributed by atoms with van der Waals surface area (Å²) in [5.41, 5.74) is 2.28. The molecule has 6 heteroatoms. The average molecular weight is 399 g/mol. The standard InChI is InChI=1S/C23H29NO5/c1-15-8-6-7-9-19(15)22(27)29-21-11-10-17(12-18(21)14-28-16(2)25)20(26)13-24-23(3,4)5/h6-12,20,24,26H,13-14H2,1-5H3. The molecule has 0 aliphatic heterocycles. The predicted octanol–water partition coefficient (Wildman–Crippen LogP) is 3.70. The molecule has 0 saturated carbocycles. The number of esters is 2. The summed E-state index contributed by atoms with van der Waals surface area (Å²) in [7, 11) is 0. The minimum absolute atomic E-state index is 0.0566. The normalized spacial score (nSPS) is 12.3. The number of ether oxygens (including phenoxy) is 2. The van der Waals surface area contributed by atoms with Gasteiger partial charge in [-0.05, 0) is 57.0 Å². The fourth-order valence-electron chi connectivity index (χ4n) is 2.68. The lowest BCUT2D eigenvalue weighted by Crippen LogP contribution is -2.38. The molecule has 0 aromatic heterocycles. The molecule has 2 N–H and O–H groups in total. The molecule has 1 atom stereocenters. The van der Waals surface area contributed by atoms with Crippen LogP contribution >= 0.6 is 0 Å². The molecular weight excluding hydrogens is 370 g/mol. The zero-order valence-electron chi connectivity index (χ0n) is 17.6. The van der Waals surface area contributed by atoms with E-state index in [0.29, 0.717) is 29.0 Å². The SMILES string of the molecule is CC(=O)OCc1cc(C(O)CNC(C)(C)C)ccc1OC(=O)c1ccccc1C. The number of rotatable bonds is 7. The molecule has 2 rings (SSSR count). The summed E-state index contributed by atoms with van der Waals surface area (Å²) in [6, 6.07) is 12.2. The lowest BCUT2D eigenvalue weighted by molar-refractivity contribution is -0.142. The van der Waals surface area contributed by atoms with Crippen LogP contribution in [0.2, 0.25) is 0 Å². The topological polar surface area (TPSA) is 84.9 Å². The summed E-state index contributed by atoms with van der Waals surface area (Å²) in [6.07, 6.45) is -0.758.